The van der Waals surface area contributed by atoms with E-state index in [0.29, 0.717) is 5.75 Å². The van der Waals surface area contributed by atoms with Crippen LogP contribution in [-0.4, -0.2) is 5.97 Å². The van der Waals surface area contributed by atoms with Gasteiger partial charge >= 0.3 is 5.97 Å². The lowest BCUT2D eigenvalue weighted by atomic mass is 9.97. The smallest absolute Gasteiger partial charge is 0.308 e. The van der Waals surface area contributed by atoms with E-state index in [1.54, 1.807) is 0 Å². The molecule has 0 N–H and O–H groups in total. The number of rotatable bonds is 6. The molecule has 0 bridgehead atoms. The van der Waals surface area contributed by atoms with Gasteiger partial charge in [-0.1, -0.05) is 56.7 Å². The minimum Gasteiger partial charge on any atom is -0.427 e. The molecule has 0 aliphatic rings. The van der Waals surface area contributed by atoms with Crippen molar-refractivity contribution in [3.63, 3.8) is 0 Å². The Kier molecular flexibility index (Phi) is 5.76. The fourth-order valence-corrected chi connectivity index (χ4v) is 2.36. The quantitative estimate of drug-likeness (QED) is 0.537. The Bertz CT molecular complexity index is 597. The summed E-state index contributed by atoms with van der Waals surface area (Å²) in [5.41, 5.74) is 3.70. The number of carbonyl (C=O) groups is 1. The third-order valence-corrected chi connectivity index (χ3v) is 4.03. The van der Waals surface area contributed by atoms with Crippen LogP contribution < -0.4 is 4.74 Å². The zero-order valence-corrected chi connectivity index (χ0v) is 13.6. The third-order valence-electron chi connectivity index (χ3n) is 4.03. The lowest BCUT2D eigenvalue weighted by Gasteiger charge is -2.09. The molecule has 0 spiro atoms. The van der Waals surface area contributed by atoms with Crippen molar-refractivity contribution in [2.45, 2.75) is 40.0 Å². The first-order valence-corrected chi connectivity index (χ1v) is 7.96. The normalized spacial score (nSPS) is 12.0. The molecule has 0 heterocycles. The van der Waals surface area contributed by atoms with Crippen LogP contribution >= 0.6 is 0 Å². The first-order chi connectivity index (χ1) is 10.6. The monoisotopic (exact) mass is 296 g/mol. The fourth-order valence-electron chi connectivity index (χ4n) is 2.36. The molecule has 0 aromatic heterocycles. The predicted molar refractivity (Wildman–Crippen MR) is 91.0 cm³/mol. The Morgan fingerprint density at radius 2 is 1.55 bits per heavy atom. The highest BCUT2D eigenvalue weighted by atomic mass is 16.5. The number of hydrogen-bond donors (Lipinski definition) is 0. The summed E-state index contributed by atoms with van der Waals surface area (Å²) < 4.78 is 5.05. The molecule has 2 heteroatoms. The van der Waals surface area contributed by atoms with Crippen LogP contribution in [0.5, 0.6) is 5.75 Å². The zero-order valence-electron chi connectivity index (χ0n) is 13.6. The van der Waals surface area contributed by atoms with Crippen LogP contribution in [-0.2, 0) is 11.2 Å². The molecule has 0 aliphatic heterocycles. The molecule has 2 aromatic carbocycles. The van der Waals surface area contributed by atoms with E-state index in [2.05, 4.69) is 38.1 Å². The highest BCUT2D eigenvalue weighted by Gasteiger charge is 2.03. The minimum absolute atomic E-state index is 0.293. The van der Waals surface area contributed by atoms with Crippen LogP contribution in [0.1, 0.15) is 39.2 Å². The van der Waals surface area contributed by atoms with Gasteiger partial charge in [-0.3, -0.25) is 4.79 Å². The predicted octanol–water partition coefficient (Wildman–Crippen LogP) is 5.26. The number of esters is 1. The summed E-state index contributed by atoms with van der Waals surface area (Å²) in [6.45, 7) is 5.96. The summed E-state index contributed by atoms with van der Waals surface area (Å²) in [7, 11) is 0. The van der Waals surface area contributed by atoms with Crippen molar-refractivity contribution in [2.24, 2.45) is 5.92 Å². The lowest BCUT2D eigenvalue weighted by Crippen LogP contribution is -2.00. The molecule has 2 nitrogen and oxygen atoms in total. The highest BCUT2D eigenvalue weighted by Crippen LogP contribution is 2.23. The average Bonchev–Trinajstić information content (AvgIpc) is 2.53. The van der Waals surface area contributed by atoms with Gasteiger partial charge in [-0.15, -0.1) is 0 Å². The number of ether oxygens (including phenoxy) is 1. The fraction of sp³-hybridized carbons (Fsp3) is 0.350. The molecule has 22 heavy (non-hydrogen) atoms. The van der Waals surface area contributed by atoms with Crippen molar-refractivity contribution in [1.82, 2.24) is 0 Å². The van der Waals surface area contributed by atoms with Gasteiger partial charge in [-0.05, 0) is 47.6 Å². The van der Waals surface area contributed by atoms with Crippen molar-refractivity contribution in [1.29, 1.82) is 0 Å². The number of aryl methyl sites for hydroxylation is 1. The zero-order chi connectivity index (χ0) is 15.9. The molecule has 1 atom stereocenters. The maximum absolute atomic E-state index is 10.9. The first-order valence-electron chi connectivity index (χ1n) is 7.96. The Balaban J connectivity index is 2.02. The van der Waals surface area contributed by atoms with Crippen LogP contribution in [0.15, 0.2) is 48.5 Å². The topological polar surface area (TPSA) is 26.3 Å². The Morgan fingerprint density at radius 1 is 1.00 bits per heavy atom. The molecule has 0 saturated carbocycles. The molecule has 0 aliphatic carbocycles. The lowest BCUT2D eigenvalue weighted by molar-refractivity contribution is -0.131. The van der Waals surface area contributed by atoms with Gasteiger partial charge in [0.1, 0.15) is 5.75 Å². The SMILES string of the molecule is CCC(C)CCc1ccc(-c2ccc(OC(C)=O)cc2)cc1. The second-order valence-corrected chi connectivity index (χ2v) is 5.87. The average molecular weight is 296 g/mol. The van der Waals surface area contributed by atoms with E-state index in [9.17, 15) is 4.79 Å². The molecular weight excluding hydrogens is 272 g/mol. The molecule has 0 fully saturated rings. The van der Waals surface area contributed by atoms with Crippen molar-refractivity contribution < 1.29 is 9.53 Å². The summed E-state index contributed by atoms with van der Waals surface area (Å²) in [5, 5.41) is 0. The van der Waals surface area contributed by atoms with E-state index in [-0.39, 0.29) is 5.97 Å². The van der Waals surface area contributed by atoms with E-state index in [0.717, 1.165) is 17.9 Å². The van der Waals surface area contributed by atoms with Gasteiger partial charge in [-0.25, -0.2) is 0 Å². The highest BCUT2D eigenvalue weighted by molar-refractivity contribution is 5.70. The molecule has 0 radical (unpaired) electrons. The Morgan fingerprint density at radius 3 is 2.05 bits per heavy atom. The van der Waals surface area contributed by atoms with Crippen LogP contribution in [0.2, 0.25) is 0 Å². The second kappa shape index (κ2) is 7.79. The van der Waals surface area contributed by atoms with Crippen molar-refractivity contribution >= 4 is 5.97 Å². The van der Waals surface area contributed by atoms with Crippen molar-refractivity contribution in [3.8, 4) is 16.9 Å². The third kappa shape index (κ3) is 4.73. The van der Waals surface area contributed by atoms with Gasteiger partial charge in [-0.2, -0.15) is 0 Å². The van der Waals surface area contributed by atoms with E-state index in [1.165, 1.54) is 30.9 Å². The Hall–Kier alpha value is -2.09. The van der Waals surface area contributed by atoms with Crippen LogP contribution in [0.4, 0.5) is 0 Å². The Labute approximate surface area is 133 Å². The first kappa shape index (κ1) is 16.3. The molecule has 2 rings (SSSR count). The van der Waals surface area contributed by atoms with E-state index in [1.807, 2.05) is 24.3 Å². The van der Waals surface area contributed by atoms with Crippen LogP contribution in [0.3, 0.4) is 0 Å². The van der Waals surface area contributed by atoms with E-state index >= 15 is 0 Å². The molecule has 2 aromatic rings. The number of benzene rings is 2. The molecule has 116 valence electrons. The van der Waals surface area contributed by atoms with Gasteiger partial charge in [0, 0.05) is 6.92 Å². The van der Waals surface area contributed by atoms with Gasteiger partial charge in [0.2, 0.25) is 0 Å². The van der Waals surface area contributed by atoms with Gasteiger partial charge < -0.3 is 4.74 Å². The maximum atomic E-state index is 10.9. The number of carbonyl (C=O) groups excluding carboxylic acids is 1. The van der Waals surface area contributed by atoms with Gasteiger partial charge in [0.05, 0.1) is 0 Å². The van der Waals surface area contributed by atoms with E-state index in [4.69, 9.17) is 4.74 Å². The summed E-state index contributed by atoms with van der Waals surface area (Å²) in [6, 6.07) is 16.3. The summed E-state index contributed by atoms with van der Waals surface area (Å²) >= 11 is 0. The largest absolute Gasteiger partial charge is 0.427 e. The molecule has 0 saturated heterocycles. The van der Waals surface area contributed by atoms with Crippen molar-refractivity contribution in [2.75, 3.05) is 0 Å². The van der Waals surface area contributed by atoms with Crippen LogP contribution in [0, 0.1) is 5.92 Å². The molecule has 0 amide bonds. The minimum atomic E-state index is -0.293. The van der Waals surface area contributed by atoms with Gasteiger partial charge in [0.15, 0.2) is 0 Å². The summed E-state index contributed by atoms with van der Waals surface area (Å²) in [6.07, 6.45) is 3.63. The molecule has 1 unspecified atom stereocenters. The second-order valence-electron chi connectivity index (χ2n) is 5.87. The van der Waals surface area contributed by atoms with Crippen LogP contribution in [0.25, 0.3) is 11.1 Å². The molecular formula is C20H24O2. The summed E-state index contributed by atoms with van der Waals surface area (Å²) in [4.78, 5) is 10.9. The maximum Gasteiger partial charge on any atom is 0.308 e. The summed E-state index contributed by atoms with van der Waals surface area (Å²) in [5.74, 6) is 1.08. The van der Waals surface area contributed by atoms with E-state index < -0.39 is 0 Å². The number of hydrogen-bond acceptors (Lipinski definition) is 2. The van der Waals surface area contributed by atoms with Gasteiger partial charge in [0.25, 0.3) is 0 Å². The standard InChI is InChI=1S/C20H24O2/c1-4-15(2)5-6-17-7-9-18(10-8-17)19-11-13-20(14-12-19)22-16(3)21/h7-15H,4-6H2,1-3H3. The van der Waals surface area contributed by atoms with Crippen molar-refractivity contribution in [3.05, 3.63) is 54.1 Å².